The van der Waals surface area contributed by atoms with Crippen LogP contribution in [0.3, 0.4) is 0 Å². The van der Waals surface area contributed by atoms with Gasteiger partial charge in [-0.3, -0.25) is 9.59 Å². The number of amides is 2. The van der Waals surface area contributed by atoms with Crippen LogP contribution in [-0.4, -0.2) is 37.7 Å². The van der Waals surface area contributed by atoms with Crippen molar-refractivity contribution in [2.45, 2.75) is 58.3 Å². The molecule has 0 aliphatic carbocycles. The molecule has 0 fully saturated rings. The molecule has 2 aromatic carbocycles. The fraction of sp³-hybridized carbons (Fsp3) is 0.407. The number of methoxy groups -OCH3 is 1. The van der Waals surface area contributed by atoms with Crippen LogP contribution in [0.25, 0.3) is 0 Å². The Morgan fingerprint density at radius 3 is 2.33 bits per heavy atom. The van der Waals surface area contributed by atoms with Crippen molar-refractivity contribution in [2.24, 2.45) is 5.10 Å². The van der Waals surface area contributed by atoms with Crippen LogP contribution in [0.5, 0.6) is 11.5 Å². The lowest BCUT2D eigenvalue weighted by Crippen LogP contribution is -2.34. The zero-order valence-corrected chi connectivity index (χ0v) is 22.4. The maximum atomic E-state index is 12.5. The summed E-state index contributed by atoms with van der Waals surface area (Å²) in [6.45, 7) is 2.02. The number of unbranched alkanes of at least 4 members (excludes halogenated alkanes) is 6. The Morgan fingerprint density at radius 2 is 1.64 bits per heavy atom. The summed E-state index contributed by atoms with van der Waals surface area (Å²) < 4.78 is 11.4. The van der Waals surface area contributed by atoms with Gasteiger partial charge in [0.1, 0.15) is 11.5 Å². The summed E-state index contributed by atoms with van der Waals surface area (Å²) in [6, 6.07) is 11.6. The number of nitrogens with zero attached hydrogens (tertiary/aromatic N) is 1. The Hall–Kier alpha value is -3.20. The van der Waals surface area contributed by atoms with Crippen LogP contribution in [0.15, 0.2) is 52.0 Å². The van der Waals surface area contributed by atoms with Gasteiger partial charge in [0.2, 0.25) is 5.91 Å². The number of rotatable bonds is 15. The molecule has 2 N–H and O–H groups in total. The predicted octanol–water partition coefficient (Wildman–Crippen LogP) is 5.38. The molecule has 2 amide bonds. The van der Waals surface area contributed by atoms with Crippen molar-refractivity contribution in [3.05, 3.63) is 58.1 Å². The molecule has 0 aliphatic heterocycles. The fourth-order valence-electron chi connectivity index (χ4n) is 3.32. The van der Waals surface area contributed by atoms with Gasteiger partial charge in [-0.2, -0.15) is 5.10 Å². The van der Waals surface area contributed by atoms with E-state index in [-0.39, 0.29) is 18.2 Å². The summed E-state index contributed by atoms with van der Waals surface area (Å²) in [7, 11) is 1.55. The lowest BCUT2D eigenvalue weighted by molar-refractivity contribution is -0.126. The van der Waals surface area contributed by atoms with Crippen LogP contribution in [0.1, 0.15) is 74.2 Å². The molecule has 0 bridgehead atoms. The fourth-order valence-corrected chi connectivity index (χ4v) is 3.70. The zero-order valence-electron chi connectivity index (χ0n) is 20.8. The third kappa shape index (κ3) is 11.0. The maximum absolute atomic E-state index is 12.5. The molecule has 0 aliphatic rings. The molecule has 0 saturated heterocycles. The predicted molar refractivity (Wildman–Crippen MR) is 143 cm³/mol. The third-order valence-electron chi connectivity index (χ3n) is 5.35. The second-order valence-electron chi connectivity index (χ2n) is 8.24. The highest BCUT2D eigenvalue weighted by Gasteiger charge is 2.12. The van der Waals surface area contributed by atoms with E-state index >= 15 is 0 Å². The minimum Gasteiger partial charge on any atom is -0.497 e. The summed E-state index contributed by atoms with van der Waals surface area (Å²) in [6.07, 6.45) is 9.68. The first-order chi connectivity index (χ1) is 17.4. The van der Waals surface area contributed by atoms with Gasteiger partial charge in [-0.15, -0.1) is 0 Å². The van der Waals surface area contributed by atoms with Gasteiger partial charge in [-0.1, -0.05) is 61.4 Å². The molecular weight excluding hydrogens is 526 g/mol. The van der Waals surface area contributed by atoms with Crippen molar-refractivity contribution in [2.75, 3.05) is 13.7 Å². The quantitative estimate of drug-likeness (QED) is 0.100. The summed E-state index contributed by atoms with van der Waals surface area (Å²) in [5.74, 6) is -0.233. The standard InChI is InChI=1S/C27H34BrN3O5/c1-3-4-5-6-7-8-9-10-25(32)29-19-26(33)31-30-18-21-17-22(28)13-16-24(21)36-27(34)20-11-14-23(35-2)15-12-20/h11-18H,3-10,19H2,1-2H3,(H,29,32)(H,31,33)/b30-18+. The van der Waals surface area contributed by atoms with Crippen molar-refractivity contribution < 1.29 is 23.9 Å². The second-order valence-corrected chi connectivity index (χ2v) is 9.16. The Morgan fingerprint density at radius 1 is 0.944 bits per heavy atom. The van der Waals surface area contributed by atoms with Gasteiger partial charge in [-0.05, 0) is 48.9 Å². The van der Waals surface area contributed by atoms with E-state index in [1.54, 1.807) is 49.6 Å². The monoisotopic (exact) mass is 559 g/mol. The van der Waals surface area contributed by atoms with Crippen LogP contribution in [0.2, 0.25) is 0 Å². The number of hydrogen-bond donors (Lipinski definition) is 2. The van der Waals surface area contributed by atoms with Crippen LogP contribution >= 0.6 is 15.9 Å². The summed E-state index contributed by atoms with van der Waals surface area (Å²) in [4.78, 5) is 36.5. The number of carbonyl (C=O) groups excluding carboxylic acids is 3. The Labute approximate surface area is 221 Å². The van der Waals surface area contributed by atoms with E-state index in [2.05, 4.69) is 38.7 Å². The largest absolute Gasteiger partial charge is 0.497 e. The minimum absolute atomic E-state index is 0.151. The van der Waals surface area contributed by atoms with Gasteiger partial charge in [0.25, 0.3) is 5.91 Å². The van der Waals surface area contributed by atoms with Crippen molar-refractivity contribution in [1.82, 2.24) is 10.7 Å². The number of nitrogens with one attached hydrogen (secondary N) is 2. The SMILES string of the molecule is CCCCCCCCCC(=O)NCC(=O)N/N=C/c1cc(Br)ccc1OC(=O)c1ccc(OC)cc1. The first-order valence-corrected chi connectivity index (χ1v) is 13.0. The normalized spacial score (nSPS) is 10.8. The highest BCUT2D eigenvalue weighted by molar-refractivity contribution is 9.10. The van der Waals surface area contributed by atoms with Gasteiger partial charge in [0, 0.05) is 16.5 Å². The lowest BCUT2D eigenvalue weighted by Gasteiger charge is -2.09. The van der Waals surface area contributed by atoms with Crippen molar-refractivity contribution in [3.8, 4) is 11.5 Å². The summed E-state index contributed by atoms with van der Waals surface area (Å²) in [5, 5.41) is 6.53. The van der Waals surface area contributed by atoms with Gasteiger partial charge in [-0.25, -0.2) is 10.2 Å². The number of halogens is 1. The molecule has 0 heterocycles. The first kappa shape index (κ1) is 29.0. The average molecular weight is 560 g/mol. The molecule has 0 unspecified atom stereocenters. The molecule has 194 valence electrons. The minimum atomic E-state index is -0.540. The topological polar surface area (TPSA) is 106 Å². The molecule has 0 saturated carbocycles. The molecular formula is C27H34BrN3O5. The molecule has 2 rings (SSSR count). The molecule has 0 aromatic heterocycles. The Kier molecular flexibility index (Phi) is 13.3. The van der Waals surface area contributed by atoms with Gasteiger partial charge in [0.05, 0.1) is 25.4 Å². The van der Waals surface area contributed by atoms with Crippen LogP contribution in [-0.2, 0) is 9.59 Å². The number of esters is 1. The summed E-state index contributed by atoms with van der Waals surface area (Å²) in [5.41, 5.74) is 3.22. The van der Waals surface area contributed by atoms with E-state index in [0.717, 1.165) is 23.7 Å². The highest BCUT2D eigenvalue weighted by atomic mass is 79.9. The number of carbonyl (C=O) groups is 3. The Bertz CT molecular complexity index is 1020. The number of benzene rings is 2. The molecule has 0 atom stereocenters. The Balaban J connectivity index is 1.79. The molecule has 0 spiro atoms. The number of hydrogen-bond acceptors (Lipinski definition) is 6. The summed E-state index contributed by atoms with van der Waals surface area (Å²) >= 11 is 3.38. The number of ether oxygens (including phenoxy) is 2. The van der Waals surface area contributed by atoms with Crippen molar-refractivity contribution in [1.29, 1.82) is 0 Å². The van der Waals surface area contributed by atoms with E-state index in [0.29, 0.717) is 23.3 Å². The highest BCUT2D eigenvalue weighted by Crippen LogP contribution is 2.23. The smallest absolute Gasteiger partial charge is 0.343 e. The lowest BCUT2D eigenvalue weighted by atomic mass is 10.1. The molecule has 9 heteroatoms. The maximum Gasteiger partial charge on any atom is 0.343 e. The van der Waals surface area contributed by atoms with Crippen LogP contribution < -0.4 is 20.2 Å². The van der Waals surface area contributed by atoms with Crippen LogP contribution in [0.4, 0.5) is 0 Å². The zero-order chi connectivity index (χ0) is 26.2. The average Bonchev–Trinajstić information content (AvgIpc) is 2.88. The van der Waals surface area contributed by atoms with E-state index < -0.39 is 11.9 Å². The first-order valence-electron chi connectivity index (χ1n) is 12.2. The number of hydrazone groups is 1. The van der Waals surface area contributed by atoms with Gasteiger partial charge >= 0.3 is 5.97 Å². The van der Waals surface area contributed by atoms with E-state index in [4.69, 9.17) is 9.47 Å². The van der Waals surface area contributed by atoms with Crippen molar-refractivity contribution >= 4 is 39.9 Å². The van der Waals surface area contributed by atoms with E-state index in [1.165, 1.54) is 31.9 Å². The molecule has 8 nitrogen and oxygen atoms in total. The molecule has 0 radical (unpaired) electrons. The third-order valence-corrected chi connectivity index (χ3v) is 5.84. The van der Waals surface area contributed by atoms with E-state index in [1.807, 2.05) is 0 Å². The van der Waals surface area contributed by atoms with Crippen LogP contribution in [0, 0.1) is 0 Å². The van der Waals surface area contributed by atoms with Gasteiger partial charge in [0.15, 0.2) is 0 Å². The second kappa shape index (κ2) is 16.5. The van der Waals surface area contributed by atoms with Gasteiger partial charge < -0.3 is 14.8 Å². The van der Waals surface area contributed by atoms with E-state index in [9.17, 15) is 14.4 Å². The van der Waals surface area contributed by atoms with Crippen molar-refractivity contribution in [3.63, 3.8) is 0 Å². The molecule has 2 aromatic rings. The molecule has 36 heavy (non-hydrogen) atoms.